The van der Waals surface area contributed by atoms with E-state index in [0.29, 0.717) is 18.1 Å². The van der Waals surface area contributed by atoms with Gasteiger partial charge in [-0.15, -0.1) is 0 Å². The van der Waals surface area contributed by atoms with Gasteiger partial charge in [0, 0.05) is 11.8 Å². The molecule has 0 fully saturated rings. The maximum Gasteiger partial charge on any atom is 0.140 e. The van der Waals surface area contributed by atoms with Gasteiger partial charge in [-0.25, -0.2) is 14.4 Å². The highest BCUT2D eigenvalue weighted by Gasteiger charge is 2.22. The lowest BCUT2D eigenvalue weighted by Gasteiger charge is -2.21. The van der Waals surface area contributed by atoms with Crippen molar-refractivity contribution in [3.05, 3.63) is 50.7 Å². The summed E-state index contributed by atoms with van der Waals surface area (Å²) in [6.07, 6.45) is 0.474. The summed E-state index contributed by atoms with van der Waals surface area (Å²) in [4.78, 5) is 8.92. The third kappa shape index (κ3) is 3.45. The number of aromatic nitrogens is 2. The second-order valence-corrected chi connectivity index (χ2v) is 6.82. The van der Waals surface area contributed by atoms with E-state index in [1.807, 2.05) is 6.07 Å². The van der Waals surface area contributed by atoms with Gasteiger partial charge < -0.3 is 5.73 Å². The average Bonchev–Trinajstić information content (AvgIpc) is 2.32. The minimum Gasteiger partial charge on any atom is -0.383 e. The number of nitrogens with zero attached hydrogens (tertiary/aromatic N) is 2. The van der Waals surface area contributed by atoms with Crippen LogP contribution in [0.2, 0.25) is 0 Å². The zero-order valence-electron chi connectivity index (χ0n) is 11.7. The molecule has 2 N–H and O–H groups in total. The smallest absolute Gasteiger partial charge is 0.140 e. The van der Waals surface area contributed by atoms with Crippen molar-refractivity contribution in [1.29, 1.82) is 0 Å². The van der Waals surface area contributed by atoms with Gasteiger partial charge >= 0.3 is 0 Å². The van der Waals surface area contributed by atoms with Gasteiger partial charge in [-0.1, -0.05) is 32.9 Å². The molecule has 0 unspecified atom stereocenters. The van der Waals surface area contributed by atoms with Crippen LogP contribution >= 0.6 is 22.6 Å². The lowest BCUT2D eigenvalue weighted by Crippen LogP contribution is -2.19. The number of halogens is 2. The Morgan fingerprint density at radius 1 is 1.25 bits per heavy atom. The van der Waals surface area contributed by atoms with Gasteiger partial charge in [0.15, 0.2) is 0 Å². The molecule has 2 rings (SSSR count). The Hall–Kier alpha value is -1.24. The highest BCUT2D eigenvalue weighted by atomic mass is 127. The van der Waals surface area contributed by atoms with Gasteiger partial charge in [-0.2, -0.15) is 0 Å². The van der Waals surface area contributed by atoms with Crippen molar-refractivity contribution in [1.82, 2.24) is 9.97 Å². The second kappa shape index (κ2) is 5.63. The first kappa shape index (κ1) is 15.2. The van der Waals surface area contributed by atoms with Crippen molar-refractivity contribution in [3.63, 3.8) is 0 Å². The summed E-state index contributed by atoms with van der Waals surface area (Å²) in [5.74, 6) is 0.854. The number of nitrogens with two attached hydrogens (primary N) is 1. The Morgan fingerprint density at radius 2 is 1.95 bits per heavy atom. The van der Waals surface area contributed by atoms with Crippen LogP contribution in [-0.4, -0.2) is 9.97 Å². The van der Waals surface area contributed by atoms with Gasteiger partial charge in [0.1, 0.15) is 17.5 Å². The highest BCUT2D eigenvalue weighted by Crippen LogP contribution is 2.28. The zero-order valence-corrected chi connectivity index (χ0v) is 13.9. The molecule has 0 spiro atoms. The van der Waals surface area contributed by atoms with Crippen molar-refractivity contribution >= 4 is 28.4 Å². The average molecular weight is 385 g/mol. The van der Waals surface area contributed by atoms with Crippen LogP contribution in [0.5, 0.6) is 0 Å². The molecule has 0 aliphatic rings. The third-order valence-electron chi connectivity index (χ3n) is 2.88. The summed E-state index contributed by atoms with van der Waals surface area (Å²) in [7, 11) is 0. The quantitative estimate of drug-likeness (QED) is 0.803. The second-order valence-electron chi connectivity index (χ2n) is 5.74. The monoisotopic (exact) mass is 385 g/mol. The SMILES string of the molecule is CC(C)(C)c1nc(Cc2cccc(F)c2)nc(N)c1I. The summed E-state index contributed by atoms with van der Waals surface area (Å²) in [5, 5.41) is 0. The molecule has 1 aromatic carbocycles. The van der Waals surface area contributed by atoms with Crippen molar-refractivity contribution in [2.24, 2.45) is 0 Å². The van der Waals surface area contributed by atoms with Crippen LogP contribution in [0.25, 0.3) is 0 Å². The Balaban J connectivity index is 2.41. The lowest BCUT2D eigenvalue weighted by molar-refractivity contribution is 0.559. The summed E-state index contributed by atoms with van der Waals surface area (Å²) >= 11 is 2.17. The molecule has 3 nitrogen and oxygen atoms in total. The fourth-order valence-corrected chi connectivity index (χ4v) is 2.97. The molecular formula is C15H17FIN3. The fourth-order valence-electron chi connectivity index (χ4n) is 1.92. The Bertz CT molecular complexity index is 636. The molecule has 20 heavy (non-hydrogen) atoms. The first-order valence-corrected chi connectivity index (χ1v) is 7.42. The molecule has 2 aromatic rings. The topological polar surface area (TPSA) is 51.8 Å². The molecular weight excluding hydrogens is 368 g/mol. The van der Waals surface area contributed by atoms with Gasteiger partial charge in [-0.3, -0.25) is 0 Å². The Morgan fingerprint density at radius 3 is 2.55 bits per heavy atom. The maximum absolute atomic E-state index is 13.2. The third-order valence-corrected chi connectivity index (χ3v) is 3.95. The highest BCUT2D eigenvalue weighted by molar-refractivity contribution is 14.1. The van der Waals surface area contributed by atoms with E-state index in [-0.39, 0.29) is 11.2 Å². The molecule has 0 amide bonds. The Labute approximate surface area is 132 Å². The van der Waals surface area contributed by atoms with Crippen LogP contribution in [0.1, 0.15) is 37.9 Å². The van der Waals surface area contributed by atoms with E-state index in [2.05, 4.69) is 53.3 Å². The van der Waals surface area contributed by atoms with Crippen molar-refractivity contribution < 1.29 is 4.39 Å². The van der Waals surface area contributed by atoms with E-state index >= 15 is 0 Å². The molecule has 0 atom stereocenters. The number of hydrogen-bond donors (Lipinski definition) is 1. The predicted octanol–water partition coefficient (Wildman–Crippen LogP) is 3.69. The Kier molecular flexibility index (Phi) is 4.27. The fraction of sp³-hybridized carbons (Fsp3) is 0.333. The number of benzene rings is 1. The van der Waals surface area contributed by atoms with Gasteiger partial charge in [0.25, 0.3) is 0 Å². The van der Waals surface area contributed by atoms with Gasteiger partial charge in [0.2, 0.25) is 0 Å². The maximum atomic E-state index is 13.2. The number of hydrogen-bond acceptors (Lipinski definition) is 3. The molecule has 1 heterocycles. The van der Waals surface area contributed by atoms with Crippen LogP contribution in [-0.2, 0) is 11.8 Å². The number of nitrogen functional groups attached to an aromatic ring is 1. The van der Waals surface area contributed by atoms with E-state index < -0.39 is 0 Å². The zero-order chi connectivity index (χ0) is 14.9. The van der Waals surface area contributed by atoms with E-state index in [1.54, 1.807) is 6.07 Å². The molecule has 106 valence electrons. The number of rotatable bonds is 2. The van der Waals surface area contributed by atoms with E-state index in [9.17, 15) is 4.39 Å². The van der Waals surface area contributed by atoms with Gasteiger partial charge in [-0.05, 0) is 40.3 Å². The van der Waals surface area contributed by atoms with E-state index in [4.69, 9.17) is 5.73 Å². The molecule has 0 radical (unpaired) electrons. The van der Waals surface area contributed by atoms with Crippen LogP contribution in [0.4, 0.5) is 10.2 Å². The summed E-state index contributed by atoms with van der Waals surface area (Å²) in [6, 6.07) is 6.46. The molecule has 5 heteroatoms. The van der Waals surface area contributed by atoms with Crippen molar-refractivity contribution in [2.75, 3.05) is 5.73 Å². The summed E-state index contributed by atoms with van der Waals surface area (Å²) in [5.41, 5.74) is 7.63. The molecule has 0 saturated heterocycles. The van der Waals surface area contributed by atoms with Crippen molar-refractivity contribution in [2.45, 2.75) is 32.6 Å². The first-order valence-electron chi connectivity index (χ1n) is 6.34. The largest absolute Gasteiger partial charge is 0.383 e. The minimum atomic E-state index is -0.253. The molecule has 0 bridgehead atoms. The van der Waals surface area contributed by atoms with Gasteiger partial charge in [0.05, 0.1) is 9.26 Å². The van der Waals surface area contributed by atoms with Crippen LogP contribution in [0.3, 0.4) is 0 Å². The normalized spacial score (nSPS) is 11.7. The molecule has 0 aliphatic heterocycles. The summed E-state index contributed by atoms with van der Waals surface area (Å²) in [6.45, 7) is 6.26. The standard InChI is InChI=1S/C15H17FIN3/c1-15(2,3)13-12(17)14(18)20-11(19-13)8-9-5-4-6-10(16)7-9/h4-7H,8H2,1-3H3,(H2,18,19,20). The van der Waals surface area contributed by atoms with Crippen LogP contribution in [0, 0.1) is 9.39 Å². The first-order chi connectivity index (χ1) is 9.27. The lowest BCUT2D eigenvalue weighted by atomic mass is 9.92. The van der Waals surface area contributed by atoms with Crippen LogP contribution < -0.4 is 5.73 Å². The predicted molar refractivity (Wildman–Crippen MR) is 87.1 cm³/mol. The molecule has 0 aliphatic carbocycles. The van der Waals surface area contributed by atoms with E-state index in [1.165, 1.54) is 12.1 Å². The minimum absolute atomic E-state index is 0.107. The summed E-state index contributed by atoms with van der Waals surface area (Å²) < 4.78 is 14.1. The molecule has 1 aromatic heterocycles. The molecule has 0 saturated carbocycles. The van der Waals surface area contributed by atoms with Crippen molar-refractivity contribution in [3.8, 4) is 0 Å². The number of anilines is 1. The van der Waals surface area contributed by atoms with E-state index in [0.717, 1.165) is 14.8 Å². The van der Waals surface area contributed by atoms with Crippen LogP contribution in [0.15, 0.2) is 24.3 Å².